The van der Waals surface area contributed by atoms with Gasteiger partial charge in [-0.05, 0) is 6.54 Å². The van der Waals surface area contributed by atoms with Crippen molar-refractivity contribution in [2.75, 3.05) is 13.7 Å². The summed E-state index contributed by atoms with van der Waals surface area (Å²) in [5.41, 5.74) is 0. The highest BCUT2D eigenvalue weighted by molar-refractivity contribution is 6.60. The smallest absolute Gasteiger partial charge is 0.231 e. The molecule has 0 aliphatic rings. The maximum atomic E-state index is 5.16. The molecule has 0 atom stereocenters. The molecular weight excluding hydrogens is 146 g/mol. The fraction of sp³-hybridized carbons (Fsp3) is 1.00. The van der Waals surface area contributed by atoms with Gasteiger partial charge in [0, 0.05) is 7.11 Å². The van der Waals surface area contributed by atoms with E-state index < -0.39 is 8.96 Å². The van der Waals surface area contributed by atoms with Gasteiger partial charge in [0.2, 0.25) is 9.92 Å². The van der Waals surface area contributed by atoms with E-state index in [1.165, 1.54) is 6.54 Å². The Morgan fingerprint density at radius 3 is 2.22 bits per heavy atom. The third-order valence-electron chi connectivity index (χ3n) is 1.43. The maximum Gasteiger partial charge on any atom is 0.231 e. The molecule has 0 bridgehead atoms. The zero-order valence-electron chi connectivity index (χ0n) is 6.85. The zero-order chi connectivity index (χ0) is 7.28. The highest BCUT2D eigenvalue weighted by Crippen LogP contribution is 1.90. The van der Waals surface area contributed by atoms with Crippen molar-refractivity contribution in [1.29, 1.82) is 0 Å². The second-order valence-electron chi connectivity index (χ2n) is 2.42. The number of nitrogens with zero attached hydrogens (tertiary/aromatic N) is 1. The summed E-state index contributed by atoms with van der Waals surface area (Å²) in [7, 11) is 0.961. The summed E-state index contributed by atoms with van der Waals surface area (Å²) < 4.78 is 7.68. The largest absolute Gasteiger partial charge is 0.412 e. The second kappa shape index (κ2) is 5.16. The minimum atomic E-state index is -0.533. The van der Waals surface area contributed by atoms with Crippen LogP contribution >= 0.6 is 0 Å². The van der Waals surface area contributed by atoms with Crippen molar-refractivity contribution in [1.82, 2.24) is 4.23 Å². The third kappa shape index (κ3) is 3.85. The van der Waals surface area contributed by atoms with Crippen molar-refractivity contribution < 1.29 is 4.43 Å². The first-order valence-electron chi connectivity index (χ1n) is 3.45. The molecule has 0 unspecified atom stereocenters. The Labute approximate surface area is 61.9 Å². The summed E-state index contributed by atoms with van der Waals surface area (Å²) in [6.07, 6.45) is 0. The molecule has 0 aromatic rings. The third-order valence-corrected chi connectivity index (χ3v) is 6.93. The number of hydrogen-bond donors (Lipinski definition) is 0. The Kier molecular flexibility index (Phi) is 5.37. The molecule has 2 nitrogen and oxygen atoms in total. The minimum absolute atomic E-state index is 0.317. The average molecular weight is 163 g/mol. The molecule has 4 heteroatoms. The Hall–Kier alpha value is 0.354. The average Bonchev–Trinajstić information content (AvgIpc) is 1.82. The molecule has 0 aliphatic heterocycles. The predicted molar refractivity (Wildman–Crippen MR) is 46.8 cm³/mol. The molecule has 0 spiro atoms. The van der Waals surface area contributed by atoms with Crippen molar-refractivity contribution in [2.24, 2.45) is 0 Å². The number of hydrogen-bond acceptors (Lipinski definition) is 2. The molecule has 0 aromatic heterocycles. The van der Waals surface area contributed by atoms with Gasteiger partial charge >= 0.3 is 0 Å². The van der Waals surface area contributed by atoms with E-state index in [9.17, 15) is 0 Å². The van der Waals surface area contributed by atoms with Crippen LogP contribution in [0.5, 0.6) is 0 Å². The highest BCUT2D eigenvalue weighted by Gasteiger charge is 2.06. The van der Waals surface area contributed by atoms with Crippen LogP contribution < -0.4 is 0 Å². The molecule has 0 N–H and O–H groups in total. The van der Waals surface area contributed by atoms with Crippen LogP contribution in [0.1, 0.15) is 6.92 Å². The first-order chi connectivity index (χ1) is 4.22. The fourth-order valence-electron chi connectivity index (χ4n) is 0.771. The van der Waals surface area contributed by atoms with Crippen LogP contribution in [0.3, 0.4) is 0 Å². The predicted octanol–water partition coefficient (Wildman–Crippen LogP) is -0.0631. The van der Waals surface area contributed by atoms with E-state index in [1.54, 1.807) is 0 Å². The van der Waals surface area contributed by atoms with Crippen LogP contribution in [0.15, 0.2) is 0 Å². The first-order valence-corrected chi connectivity index (χ1v) is 7.48. The van der Waals surface area contributed by atoms with Gasteiger partial charge in [0.1, 0.15) is 0 Å². The van der Waals surface area contributed by atoms with E-state index in [-0.39, 0.29) is 9.92 Å². The Bertz CT molecular complexity index is 70.0. The van der Waals surface area contributed by atoms with Crippen LogP contribution in [0, 0.1) is 0 Å². The fourth-order valence-corrected chi connectivity index (χ4v) is 3.66. The normalized spacial score (nSPS) is 12.7. The topological polar surface area (TPSA) is 12.5 Å². The Morgan fingerprint density at radius 2 is 2.11 bits per heavy atom. The molecule has 0 aromatic carbocycles. The molecule has 9 heavy (non-hydrogen) atoms. The Balaban J connectivity index is 3.41. The summed E-state index contributed by atoms with van der Waals surface area (Å²) in [5, 5.41) is 0. The van der Waals surface area contributed by atoms with Gasteiger partial charge in [0.25, 0.3) is 0 Å². The lowest BCUT2D eigenvalue weighted by molar-refractivity contribution is 0.403. The van der Waals surface area contributed by atoms with Crippen LogP contribution in [-0.2, 0) is 4.43 Å². The van der Waals surface area contributed by atoms with Crippen molar-refractivity contribution in [3.8, 4) is 0 Å². The van der Waals surface area contributed by atoms with Crippen LogP contribution in [-0.4, -0.2) is 36.8 Å². The van der Waals surface area contributed by atoms with Crippen molar-refractivity contribution >= 4 is 18.9 Å². The number of rotatable bonds is 4. The molecule has 0 heterocycles. The molecule has 0 saturated heterocycles. The lowest BCUT2D eigenvalue weighted by atomic mass is 10.8. The first kappa shape index (κ1) is 9.35. The Morgan fingerprint density at radius 1 is 1.56 bits per heavy atom. The summed E-state index contributed by atoms with van der Waals surface area (Å²) in [5.74, 6) is 0. The molecule has 56 valence electrons. The SMILES string of the molecule is CCN([SiH2]OC)[SiH](C)C. The van der Waals surface area contributed by atoms with Crippen LogP contribution in [0.2, 0.25) is 13.1 Å². The van der Waals surface area contributed by atoms with Crippen molar-refractivity contribution in [3.05, 3.63) is 0 Å². The van der Waals surface area contributed by atoms with Gasteiger partial charge in [0.15, 0.2) is 0 Å². The molecule has 0 amide bonds. The van der Waals surface area contributed by atoms with Gasteiger partial charge in [-0.1, -0.05) is 20.0 Å². The summed E-state index contributed by atoms with van der Waals surface area (Å²) in [6.45, 7) is 8.08. The molecule has 0 aliphatic carbocycles. The lowest BCUT2D eigenvalue weighted by Gasteiger charge is -2.21. The maximum absolute atomic E-state index is 5.16. The lowest BCUT2D eigenvalue weighted by Crippen LogP contribution is -2.38. The summed E-state index contributed by atoms with van der Waals surface area (Å²) >= 11 is 0. The van der Waals surface area contributed by atoms with E-state index >= 15 is 0 Å². The molecule has 0 rings (SSSR count). The van der Waals surface area contributed by atoms with E-state index in [1.807, 2.05) is 7.11 Å². The quantitative estimate of drug-likeness (QED) is 0.538. The monoisotopic (exact) mass is 163 g/mol. The van der Waals surface area contributed by atoms with Crippen molar-refractivity contribution in [3.63, 3.8) is 0 Å². The summed E-state index contributed by atoms with van der Waals surface area (Å²) in [6, 6.07) is 0. The molecule has 0 radical (unpaired) electrons. The standard InChI is InChI=1S/C5H17NOSi2/c1-5-6(8-7-2)9(3)4/h9H,5,8H2,1-4H3. The van der Waals surface area contributed by atoms with Gasteiger partial charge in [0.05, 0.1) is 8.96 Å². The van der Waals surface area contributed by atoms with E-state index in [0.29, 0.717) is 0 Å². The van der Waals surface area contributed by atoms with Crippen LogP contribution in [0.4, 0.5) is 0 Å². The van der Waals surface area contributed by atoms with E-state index in [0.717, 1.165) is 0 Å². The van der Waals surface area contributed by atoms with E-state index in [4.69, 9.17) is 4.43 Å². The van der Waals surface area contributed by atoms with Crippen LogP contribution in [0.25, 0.3) is 0 Å². The van der Waals surface area contributed by atoms with E-state index in [2.05, 4.69) is 24.2 Å². The van der Waals surface area contributed by atoms with Gasteiger partial charge in [-0.2, -0.15) is 0 Å². The van der Waals surface area contributed by atoms with Gasteiger partial charge < -0.3 is 8.66 Å². The van der Waals surface area contributed by atoms with Crippen molar-refractivity contribution in [2.45, 2.75) is 20.0 Å². The summed E-state index contributed by atoms with van der Waals surface area (Å²) in [4.78, 5) is 0. The molecule has 0 fully saturated rings. The van der Waals surface area contributed by atoms with Gasteiger partial charge in [-0.3, -0.25) is 0 Å². The molecule has 0 saturated carbocycles. The minimum Gasteiger partial charge on any atom is -0.412 e. The highest BCUT2D eigenvalue weighted by atomic mass is 28.3. The second-order valence-corrected chi connectivity index (χ2v) is 7.71. The zero-order valence-corrected chi connectivity index (χ0v) is 9.42. The van der Waals surface area contributed by atoms with Gasteiger partial charge in [-0.15, -0.1) is 0 Å². The molecular formula is C5H17NOSi2. The van der Waals surface area contributed by atoms with Gasteiger partial charge in [-0.25, -0.2) is 0 Å².